The molecule has 1 aliphatic carbocycles. The number of aromatic nitrogens is 2. The first kappa shape index (κ1) is 25.8. The van der Waals surface area contributed by atoms with Crippen molar-refractivity contribution < 1.29 is 0 Å². The highest BCUT2D eigenvalue weighted by molar-refractivity contribution is 5.75. The molecule has 10 atom stereocenters. The van der Waals surface area contributed by atoms with Gasteiger partial charge in [-0.25, -0.2) is 4.98 Å². The molecule has 0 amide bonds. The molecule has 6 aliphatic rings. The number of nitrogens with one attached hydrogen (secondary N) is 6. The number of rotatable bonds is 5. The summed E-state index contributed by atoms with van der Waals surface area (Å²) in [6.07, 6.45) is 14.2. The quantitative estimate of drug-likeness (QED) is 0.330. The van der Waals surface area contributed by atoms with E-state index in [1.165, 1.54) is 47.2 Å². The van der Waals surface area contributed by atoms with E-state index in [0.717, 1.165) is 42.9 Å². The van der Waals surface area contributed by atoms with Crippen LogP contribution in [0.1, 0.15) is 63.9 Å². The second-order valence-corrected chi connectivity index (χ2v) is 14.0. The van der Waals surface area contributed by atoms with Gasteiger partial charge in [0.1, 0.15) is 12.0 Å². The average molecular weight is 552 g/mol. The number of benzene rings is 1. The Hall–Kier alpha value is -2.87. The molecule has 216 valence electrons. The van der Waals surface area contributed by atoms with Crippen LogP contribution in [0.2, 0.25) is 0 Å². The van der Waals surface area contributed by atoms with Crippen molar-refractivity contribution in [1.82, 2.24) is 36.6 Å². The lowest BCUT2D eigenvalue weighted by atomic mass is 9.72. The zero-order chi connectivity index (χ0) is 27.7. The zero-order valence-corrected chi connectivity index (χ0v) is 24.6. The van der Waals surface area contributed by atoms with Crippen molar-refractivity contribution in [3.8, 4) is 11.3 Å². The lowest BCUT2D eigenvalue weighted by molar-refractivity contribution is 0.306. The first-order valence-electron chi connectivity index (χ1n) is 16.0. The van der Waals surface area contributed by atoms with E-state index in [1.54, 1.807) is 0 Å². The Morgan fingerprint density at radius 3 is 2.15 bits per heavy atom. The highest BCUT2D eigenvalue weighted by Crippen LogP contribution is 2.51. The van der Waals surface area contributed by atoms with Gasteiger partial charge in [-0.15, -0.1) is 0 Å². The first-order chi connectivity index (χ1) is 20.0. The molecule has 4 fully saturated rings. The topological polar surface area (TPSA) is 88.8 Å². The zero-order valence-electron chi connectivity index (χ0n) is 24.6. The van der Waals surface area contributed by atoms with Gasteiger partial charge >= 0.3 is 0 Å². The average Bonchev–Trinajstić information content (AvgIpc) is 3.80. The summed E-state index contributed by atoms with van der Waals surface area (Å²) in [5, 5.41) is 18.9. The van der Waals surface area contributed by atoms with Crippen LogP contribution in [0.15, 0.2) is 60.1 Å². The van der Waals surface area contributed by atoms with E-state index >= 15 is 0 Å². The standard InChI is InChI=1S/C34H45N7/c1-18-10-25-31-23(21-4-6-22(7-5-21)29-16-37-33(40-29)27-12-19(2)14-35-27)8-9-24(32(31)26(11-18)39-25)30-17-38-34(41-30)28-13-20(3)15-36-28/h4-9,16-20,25-28,31-32,34-36,38-39,41H,10-15H2,1-3H3,(H,37,40)/t18?,19?,20-,25?,26?,27?,28+,31?,32?,34?/m1/s1. The van der Waals surface area contributed by atoms with Crippen LogP contribution in [0.25, 0.3) is 16.8 Å². The molecule has 1 aromatic carbocycles. The SMILES string of the molecule is CC1CNC(c2ncc(-c3ccc(C4=CC=C(C5=CNC([C@@H]6C[C@@H](C)CN6)N5)C5C6CC(C)CC(N6)C45)cc3)[nH]2)C1. The number of piperidine rings is 1. The molecule has 5 aliphatic heterocycles. The number of allylic oxidation sites excluding steroid dienone is 3. The maximum Gasteiger partial charge on any atom is 0.123 e. The fourth-order valence-corrected chi connectivity index (χ4v) is 8.79. The molecule has 0 saturated carbocycles. The van der Waals surface area contributed by atoms with Gasteiger partial charge in [-0.3, -0.25) is 0 Å². The number of H-pyrrole nitrogens is 1. The fourth-order valence-electron chi connectivity index (χ4n) is 8.79. The molecular formula is C34H45N7. The summed E-state index contributed by atoms with van der Waals surface area (Å²) in [7, 11) is 0. The molecule has 7 heteroatoms. The van der Waals surface area contributed by atoms with Gasteiger partial charge in [0, 0.05) is 36.2 Å². The van der Waals surface area contributed by atoms with Crippen LogP contribution in [-0.4, -0.2) is 47.3 Å². The molecule has 4 saturated heterocycles. The molecule has 8 unspecified atom stereocenters. The van der Waals surface area contributed by atoms with Crippen molar-refractivity contribution in [3.63, 3.8) is 0 Å². The molecule has 2 bridgehead atoms. The third-order valence-electron chi connectivity index (χ3n) is 10.8. The minimum atomic E-state index is 0.274. The summed E-state index contributed by atoms with van der Waals surface area (Å²) in [5.74, 6) is 4.26. The van der Waals surface area contributed by atoms with Crippen molar-refractivity contribution in [1.29, 1.82) is 0 Å². The Kier molecular flexibility index (Phi) is 6.38. The van der Waals surface area contributed by atoms with Gasteiger partial charge in [-0.1, -0.05) is 57.2 Å². The molecule has 2 aromatic rings. The van der Waals surface area contributed by atoms with Crippen LogP contribution in [0, 0.1) is 29.6 Å². The predicted molar refractivity (Wildman–Crippen MR) is 164 cm³/mol. The Morgan fingerprint density at radius 2 is 1.41 bits per heavy atom. The number of fused-ring (bicyclic) bond motifs is 5. The third kappa shape index (κ3) is 4.57. The van der Waals surface area contributed by atoms with Crippen molar-refractivity contribution in [3.05, 3.63) is 71.5 Å². The van der Waals surface area contributed by atoms with Gasteiger partial charge in [0.15, 0.2) is 0 Å². The normalized spacial score (nSPS) is 39.5. The maximum absolute atomic E-state index is 4.72. The summed E-state index contributed by atoms with van der Waals surface area (Å²) in [4.78, 5) is 8.32. The molecule has 0 spiro atoms. The fraction of sp³-hybridized carbons (Fsp3) is 0.559. The first-order valence-corrected chi connectivity index (χ1v) is 16.0. The molecule has 41 heavy (non-hydrogen) atoms. The molecular weight excluding hydrogens is 506 g/mol. The molecule has 6 N–H and O–H groups in total. The smallest absolute Gasteiger partial charge is 0.123 e. The lowest BCUT2D eigenvalue weighted by Gasteiger charge is -2.33. The highest BCUT2D eigenvalue weighted by Gasteiger charge is 2.51. The summed E-state index contributed by atoms with van der Waals surface area (Å²) >= 11 is 0. The maximum atomic E-state index is 4.72. The molecule has 8 rings (SSSR count). The van der Waals surface area contributed by atoms with Gasteiger partial charge in [-0.2, -0.15) is 0 Å². The molecule has 1 aromatic heterocycles. The highest BCUT2D eigenvalue weighted by atomic mass is 15.2. The van der Waals surface area contributed by atoms with Crippen LogP contribution >= 0.6 is 0 Å². The Morgan fingerprint density at radius 1 is 0.732 bits per heavy atom. The second-order valence-electron chi connectivity index (χ2n) is 14.0. The van der Waals surface area contributed by atoms with Gasteiger partial charge in [0.05, 0.1) is 23.6 Å². The number of aromatic amines is 1. The Bertz CT molecular complexity index is 1390. The van der Waals surface area contributed by atoms with Crippen molar-refractivity contribution >= 4 is 5.57 Å². The van der Waals surface area contributed by atoms with Crippen LogP contribution < -0.4 is 26.6 Å². The van der Waals surface area contributed by atoms with Crippen LogP contribution in [0.5, 0.6) is 0 Å². The van der Waals surface area contributed by atoms with E-state index in [1.807, 2.05) is 6.20 Å². The molecule has 0 radical (unpaired) electrons. The van der Waals surface area contributed by atoms with Gasteiger partial charge in [0.2, 0.25) is 0 Å². The largest absolute Gasteiger partial charge is 0.368 e. The number of nitrogens with zero attached hydrogens (tertiary/aromatic N) is 1. The minimum absolute atomic E-state index is 0.274. The third-order valence-corrected chi connectivity index (χ3v) is 10.8. The van der Waals surface area contributed by atoms with Gasteiger partial charge in [-0.05, 0) is 78.8 Å². The van der Waals surface area contributed by atoms with Crippen molar-refractivity contribution in [2.45, 2.75) is 76.8 Å². The number of hydrogen-bond donors (Lipinski definition) is 6. The minimum Gasteiger partial charge on any atom is -0.368 e. The van der Waals surface area contributed by atoms with E-state index in [9.17, 15) is 0 Å². The van der Waals surface area contributed by atoms with E-state index in [4.69, 9.17) is 4.98 Å². The van der Waals surface area contributed by atoms with Crippen LogP contribution in [0.4, 0.5) is 0 Å². The van der Waals surface area contributed by atoms with Crippen LogP contribution in [-0.2, 0) is 0 Å². The van der Waals surface area contributed by atoms with E-state index in [0.29, 0.717) is 41.9 Å². The molecule has 6 heterocycles. The molecule has 7 nitrogen and oxygen atoms in total. The van der Waals surface area contributed by atoms with E-state index in [2.05, 4.69) is 95.0 Å². The van der Waals surface area contributed by atoms with Crippen molar-refractivity contribution in [2.75, 3.05) is 13.1 Å². The number of hydrogen-bond acceptors (Lipinski definition) is 6. The van der Waals surface area contributed by atoms with E-state index in [-0.39, 0.29) is 6.17 Å². The van der Waals surface area contributed by atoms with Gasteiger partial charge < -0.3 is 31.6 Å². The van der Waals surface area contributed by atoms with Gasteiger partial charge in [0.25, 0.3) is 0 Å². The summed E-state index contributed by atoms with van der Waals surface area (Å²) in [6.45, 7) is 9.27. The summed E-state index contributed by atoms with van der Waals surface area (Å²) in [6, 6.07) is 11.1. The van der Waals surface area contributed by atoms with Crippen molar-refractivity contribution in [2.24, 2.45) is 29.6 Å². The number of imidazole rings is 1. The Labute approximate surface area is 244 Å². The van der Waals surface area contributed by atoms with E-state index < -0.39 is 0 Å². The lowest BCUT2D eigenvalue weighted by Crippen LogP contribution is -2.48. The predicted octanol–water partition coefficient (Wildman–Crippen LogP) is 4.43. The second kappa shape index (κ2) is 10.1. The monoisotopic (exact) mass is 551 g/mol. The Balaban J connectivity index is 1.06. The summed E-state index contributed by atoms with van der Waals surface area (Å²) in [5.41, 5.74) is 7.91. The van der Waals surface area contributed by atoms with Crippen LogP contribution in [0.3, 0.4) is 0 Å². The summed E-state index contributed by atoms with van der Waals surface area (Å²) < 4.78 is 0.